The van der Waals surface area contributed by atoms with Crippen LogP contribution in [-0.4, -0.2) is 58.6 Å². The zero-order valence-corrected chi connectivity index (χ0v) is 24.0. The van der Waals surface area contributed by atoms with Crippen molar-refractivity contribution in [2.75, 3.05) is 32.4 Å². The third-order valence-electron chi connectivity index (χ3n) is 5.92. The third-order valence-corrected chi connectivity index (χ3v) is 7.80. The standard InChI is InChI=1S/C28H26N6O5S2/c1-37-20-13-17(14-21(38-2)25(20)39-3)26(36)29-15-23-32-33-28(34(23)18-9-5-4-6-10-18)40-16-24(35)31-27-30-19-11-7-8-12-22(19)41-27/h4-14H,15-16H2,1-3H3,(H,29,36)(H,30,31,35). The highest BCUT2D eigenvalue weighted by molar-refractivity contribution is 7.99. The summed E-state index contributed by atoms with van der Waals surface area (Å²) < 4.78 is 18.9. The van der Waals surface area contributed by atoms with Crippen molar-refractivity contribution in [2.45, 2.75) is 11.7 Å². The second-order valence-corrected chi connectivity index (χ2v) is 10.5. The summed E-state index contributed by atoms with van der Waals surface area (Å²) in [5, 5.41) is 15.4. The van der Waals surface area contributed by atoms with Crippen molar-refractivity contribution in [1.82, 2.24) is 25.1 Å². The number of rotatable bonds is 11. The molecular formula is C28H26N6O5S2. The van der Waals surface area contributed by atoms with Crippen molar-refractivity contribution >= 4 is 50.3 Å². The maximum atomic E-state index is 13.1. The minimum Gasteiger partial charge on any atom is -0.493 e. The molecule has 5 rings (SSSR count). The predicted molar refractivity (Wildman–Crippen MR) is 158 cm³/mol. The average Bonchev–Trinajstić information content (AvgIpc) is 3.61. The van der Waals surface area contributed by atoms with Crippen LogP contribution in [0, 0.1) is 0 Å². The molecule has 2 amide bonds. The molecule has 0 aliphatic carbocycles. The molecule has 0 aliphatic heterocycles. The summed E-state index contributed by atoms with van der Waals surface area (Å²) >= 11 is 2.65. The van der Waals surface area contributed by atoms with Gasteiger partial charge in [0.25, 0.3) is 5.91 Å². The SMILES string of the molecule is COc1cc(C(=O)NCc2nnc(SCC(=O)Nc3nc4ccccc4s3)n2-c2ccccc2)cc(OC)c1OC. The lowest BCUT2D eigenvalue weighted by Crippen LogP contribution is -2.25. The molecule has 210 valence electrons. The van der Waals surface area contributed by atoms with Crippen molar-refractivity contribution < 1.29 is 23.8 Å². The minimum atomic E-state index is -0.365. The van der Waals surface area contributed by atoms with E-state index < -0.39 is 0 Å². The molecule has 0 saturated heterocycles. The second kappa shape index (κ2) is 12.7. The van der Waals surface area contributed by atoms with Crippen molar-refractivity contribution in [3.63, 3.8) is 0 Å². The van der Waals surface area contributed by atoms with Crippen LogP contribution in [-0.2, 0) is 11.3 Å². The van der Waals surface area contributed by atoms with Gasteiger partial charge in [0.05, 0.1) is 43.8 Å². The van der Waals surface area contributed by atoms with Crippen LogP contribution in [0.3, 0.4) is 0 Å². The number of hydrogen-bond donors (Lipinski definition) is 2. The van der Waals surface area contributed by atoms with Crippen molar-refractivity contribution in [2.24, 2.45) is 0 Å². The first-order valence-corrected chi connectivity index (χ1v) is 14.2. The van der Waals surface area contributed by atoms with Crippen LogP contribution in [0.5, 0.6) is 17.2 Å². The molecule has 0 unspecified atom stereocenters. The van der Waals surface area contributed by atoms with E-state index in [0.29, 0.717) is 38.9 Å². The molecule has 0 atom stereocenters. The largest absolute Gasteiger partial charge is 0.493 e. The van der Waals surface area contributed by atoms with Crippen LogP contribution >= 0.6 is 23.1 Å². The summed E-state index contributed by atoms with van der Waals surface area (Å²) in [7, 11) is 4.47. The Kier molecular flexibility index (Phi) is 8.65. The molecule has 41 heavy (non-hydrogen) atoms. The molecule has 13 heteroatoms. The predicted octanol–water partition coefficient (Wildman–Crippen LogP) is 4.56. The van der Waals surface area contributed by atoms with E-state index in [0.717, 1.165) is 15.9 Å². The van der Waals surface area contributed by atoms with Gasteiger partial charge in [-0.05, 0) is 36.4 Å². The van der Waals surface area contributed by atoms with E-state index in [2.05, 4.69) is 25.8 Å². The maximum Gasteiger partial charge on any atom is 0.251 e. The van der Waals surface area contributed by atoms with Crippen LogP contribution in [0.1, 0.15) is 16.2 Å². The van der Waals surface area contributed by atoms with E-state index in [1.54, 1.807) is 12.1 Å². The number of para-hydroxylation sites is 2. The normalized spacial score (nSPS) is 10.8. The zero-order valence-electron chi connectivity index (χ0n) is 22.4. The lowest BCUT2D eigenvalue weighted by molar-refractivity contribution is -0.113. The number of aromatic nitrogens is 4. The van der Waals surface area contributed by atoms with Gasteiger partial charge in [-0.1, -0.05) is 53.4 Å². The van der Waals surface area contributed by atoms with Crippen LogP contribution in [0.25, 0.3) is 15.9 Å². The Morgan fingerprint density at radius 2 is 1.63 bits per heavy atom. The number of fused-ring (bicyclic) bond motifs is 1. The maximum absolute atomic E-state index is 13.1. The topological polar surface area (TPSA) is 129 Å². The number of anilines is 1. The van der Waals surface area contributed by atoms with E-state index in [9.17, 15) is 9.59 Å². The summed E-state index contributed by atoms with van der Waals surface area (Å²) in [6.45, 7) is 0.0792. The first-order valence-electron chi connectivity index (χ1n) is 12.4. The van der Waals surface area contributed by atoms with Gasteiger partial charge in [0.2, 0.25) is 11.7 Å². The number of nitrogens with one attached hydrogen (secondary N) is 2. The number of amides is 2. The number of thiazole rings is 1. The van der Waals surface area contributed by atoms with Crippen LogP contribution < -0.4 is 24.8 Å². The van der Waals surface area contributed by atoms with Gasteiger partial charge in [0, 0.05) is 11.3 Å². The van der Waals surface area contributed by atoms with Gasteiger partial charge in [-0.15, -0.1) is 10.2 Å². The number of ether oxygens (including phenoxy) is 3. The van der Waals surface area contributed by atoms with Crippen LogP contribution in [0.15, 0.2) is 71.9 Å². The Balaban J connectivity index is 1.31. The number of carbonyl (C=O) groups is 2. The van der Waals surface area contributed by atoms with Crippen molar-refractivity contribution in [3.8, 4) is 22.9 Å². The molecular weight excluding hydrogens is 564 g/mol. The third kappa shape index (κ3) is 6.26. The molecule has 2 N–H and O–H groups in total. The quantitative estimate of drug-likeness (QED) is 0.213. The Bertz CT molecular complexity index is 1630. The molecule has 5 aromatic rings. The molecule has 11 nitrogen and oxygen atoms in total. The van der Waals surface area contributed by atoms with E-state index in [4.69, 9.17) is 14.2 Å². The number of nitrogens with zero attached hydrogens (tertiary/aromatic N) is 4. The molecule has 3 aromatic carbocycles. The van der Waals surface area contributed by atoms with Gasteiger partial charge >= 0.3 is 0 Å². The summed E-state index contributed by atoms with van der Waals surface area (Å²) in [5.41, 5.74) is 1.96. The van der Waals surface area contributed by atoms with E-state index >= 15 is 0 Å². The van der Waals surface area contributed by atoms with Gasteiger partial charge in [-0.2, -0.15) is 0 Å². The number of carbonyl (C=O) groups excluding carboxylic acids is 2. The van der Waals surface area contributed by atoms with E-state index in [1.165, 1.54) is 44.4 Å². The first-order chi connectivity index (χ1) is 20.0. The Hall–Kier alpha value is -4.62. The monoisotopic (exact) mass is 590 g/mol. The zero-order chi connectivity index (χ0) is 28.8. The first kappa shape index (κ1) is 27.9. The highest BCUT2D eigenvalue weighted by Crippen LogP contribution is 2.38. The Morgan fingerprint density at radius 1 is 0.927 bits per heavy atom. The van der Waals surface area contributed by atoms with Crippen LogP contribution in [0.4, 0.5) is 5.13 Å². The van der Waals surface area contributed by atoms with E-state index in [-0.39, 0.29) is 24.1 Å². The fourth-order valence-electron chi connectivity index (χ4n) is 4.03. The molecule has 2 heterocycles. The smallest absolute Gasteiger partial charge is 0.251 e. The molecule has 0 spiro atoms. The van der Waals surface area contributed by atoms with Gasteiger partial charge in [0.15, 0.2) is 27.6 Å². The average molecular weight is 591 g/mol. The van der Waals surface area contributed by atoms with Gasteiger partial charge in [0.1, 0.15) is 0 Å². The van der Waals surface area contributed by atoms with Gasteiger partial charge < -0.3 is 24.8 Å². The molecule has 0 fully saturated rings. The highest BCUT2D eigenvalue weighted by Gasteiger charge is 2.20. The number of methoxy groups -OCH3 is 3. The summed E-state index contributed by atoms with van der Waals surface area (Å²) in [6.07, 6.45) is 0. The summed E-state index contributed by atoms with van der Waals surface area (Å²) in [6, 6.07) is 20.3. The highest BCUT2D eigenvalue weighted by atomic mass is 32.2. The van der Waals surface area contributed by atoms with Crippen LogP contribution in [0.2, 0.25) is 0 Å². The number of thioether (sulfide) groups is 1. The molecule has 0 radical (unpaired) electrons. The second-order valence-electron chi connectivity index (χ2n) is 8.49. The molecule has 0 bridgehead atoms. The van der Waals surface area contributed by atoms with Gasteiger partial charge in [-0.3, -0.25) is 14.2 Å². The molecule has 0 aliphatic rings. The minimum absolute atomic E-state index is 0.0792. The lowest BCUT2D eigenvalue weighted by Gasteiger charge is -2.14. The van der Waals surface area contributed by atoms with Crippen molar-refractivity contribution in [1.29, 1.82) is 0 Å². The number of benzene rings is 3. The molecule has 0 saturated carbocycles. The fourth-order valence-corrected chi connectivity index (χ4v) is 5.68. The summed E-state index contributed by atoms with van der Waals surface area (Å²) in [4.78, 5) is 30.3. The molecule has 2 aromatic heterocycles. The Morgan fingerprint density at radius 3 is 2.32 bits per heavy atom. The lowest BCUT2D eigenvalue weighted by atomic mass is 10.1. The fraction of sp³-hybridized carbons (Fsp3) is 0.179. The Labute approximate surface area is 243 Å². The summed E-state index contributed by atoms with van der Waals surface area (Å²) in [5.74, 6) is 1.14. The number of hydrogen-bond acceptors (Lipinski definition) is 10. The van der Waals surface area contributed by atoms with E-state index in [1.807, 2.05) is 59.2 Å². The van der Waals surface area contributed by atoms with Gasteiger partial charge in [-0.25, -0.2) is 4.98 Å². The van der Waals surface area contributed by atoms with Crippen molar-refractivity contribution in [3.05, 3.63) is 78.1 Å².